The van der Waals surface area contributed by atoms with Crippen LogP contribution in [0.1, 0.15) is 25.7 Å². The molecule has 0 amide bonds. The molecule has 1 aliphatic rings. The van der Waals surface area contributed by atoms with E-state index in [1.54, 1.807) is 17.8 Å². The van der Waals surface area contributed by atoms with Crippen molar-refractivity contribution in [2.75, 3.05) is 12.4 Å². The average molecular weight is 398 g/mol. The van der Waals surface area contributed by atoms with E-state index in [2.05, 4.69) is 30.4 Å². The number of anilines is 1. The van der Waals surface area contributed by atoms with Gasteiger partial charge in [-0.2, -0.15) is 10.1 Å². The molecule has 1 aliphatic carbocycles. The smallest absolute Gasteiger partial charge is 0.224 e. The van der Waals surface area contributed by atoms with Crippen molar-refractivity contribution in [3.63, 3.8) is 0 Å². The minimum atomic E-state index is 0.376. The Labute approximate surface area is 166 Å². The van der Waals surface area contributed by atoms with Crippen LogP contribution in [0.25, 0.3) is 27.9 Å². The third-order valence-corrected chi connectivity index (χ3v) is 5.63. The van der Waals surface area contributed by atoms with Gasteiger partial charge in [-0.15, -0.1) is 0 Å². The minimum Gasteiger partial charge on any atom is -0.381 e. The van der Waals surface area contributed by atoms with Crippen LogP contribution >= 0.6 is 11.6 Å². The first-order valence-electron chi connectivity index (χ1n) is 9.35. The molecule has 0 atom stereocenters. The van der Waals surface area contributed by atoms with Gasteiger partial charge in [0.1, 0.15) is 5.65 Å². The molecular weight excluding hydrogens is 378 g/mol. The number of hydrogen-bond acceptors (Lipinski definition) is 6. The van der Waals surface area contributed by atoms with Gasteiger partial charge in [0.2, 0.25) is 5.95 Å². The zero-order valence-corrected chi connectivity index (χ0v) is 16.1. The fourth-order valence-electron chi connectivity index (χ4n) is 3.80. The molecule has 0 aromatic carbocycles. The molecule has 0 saturated heterocycles. The van der Waals surface area contributed by atoms with Crippen molar-refractivity contribution < 1.29 is 4.74 Å². The van der Waals surface area contributed by atoms with E-state index < -0.39 is 0 Å². The lowest BCUT2D eigenvalue weighted by molar-refractivity contribution is 0.0681. The number of rotatable bonds is 4. The molecule has 1 saturated carbocycles. The number of nitrogens with one attached hydrogen (secondary N) is 2. The summed E-state index contributed by atoms with van der Waals surface area (Å²) in [6.07, 6.45) is 9.94. The highest BCUT2D eigenvalue weighted by molar-refractivity contribution is 6.29. The van der Waals surface area contributed by atoms with E-state index in [9.17, 15) is 0 Å². The van der Waals surface area contributed by atoms with Gasteiger partial charge < -0.3 is 15.0 Å². The maximum Gasteiger partial charge on any atom is 0.224 e. The molecule has 0 bridgehead atoms. The number of H-pyrrole nitrogens is 1. The van der Waals surface area contributed by atoms with Crippen LogP contribution in [0.2, 0.25) is 5.15 Å². The number of hydrogen-bond donors (Lipinski definition) is 2. The molecule has 2 N–H and O–H groups in total. The predicted molar refractivity (Wildman–Crippen MR) is 108 cm³/mol. The minimum absolute atomic E-state index is 0.376. The molecule has 8 nitrogen and oxygen atoms in total. The molecule has 28 heavy (non-hydrogen) atoms. The van der Waals surface area contributed by atoms with Crippen LogP contribution in [0.5, 0.6) is 0 Å². The summed E-state index contributed by atoms with van der Waals surface area (Å²) in [5.41, 5.74) is 3.19. The Morgan fingerprint density at radius 1 is 1.18 bits per heavy atom. The third kappa shape index (κ3) is 3.08. The second kappa shape index (κ2) is 7.03. The lowest BCUT2D eigenvalue weighted by Crippen LogP contribution is -2.29. The summed E-state index contributed by atoms with van der Waals surface area (Å²) in [5, 5.41) is 9.42. The fourth-order valence-corrected chi connectivity index (χ4v) is 3.98. The molecule has 144 valence electrons. The summed E-state index contributed by atoms with van der Waals surface area (Å²) < 4.78 is 7.05. The zero-order chi connectivity index (χ0) is 19.1. The first-order valence-corrected chi connectivity index (χ1v) is 9.73. The molecule has 9 heteroatoms. The lowest BCUT2D eigenvalue weighted by Gasteiger charge is -2.28. The Bertz CT molecular complexity index is 1130. The molecule has 0 radical (unpaired) electrons. The van der Waals surface area contributed by atoms with Crippen molar-refractivity contribution in [2.45, 2.75) is 37.8 Å². The van der Waals surface area contributed by atoms with E-state index in [4.69, 9.17) is 16.3 Å². The zero-order valence-electron chi connectivity index (χ0n) is 15.4. The van der Waals surface area contributed by atoms with Crippen LogP contribution in [0.3, 0.4) is 0 Å². The first kappa shape index (κ1) is 17.4. The highest BCUT2D eigenvalue weighted by atomic mass is 35.5. The Kier molecular flexibility index (Phi) is 4.37. The highest BCUT2D eigenvalue weighted by Gasteiger charge is 2.21. The van der Waals surface area contributed by atoms with Crippen molar-refractivity contribution >= 4 is 34.2 Å². The van der Waals surface area contributed by atoms with Crippen LogP contribution in [-0.4, -0.2) is 48.8 Å². The van der Waals surface area contributed by atoms with Gasteiger partial charge in [0, 0.05) is 36.5 Å². The van der Waals surface area contributed by atoms with Crippen LogP contribution in [0.15, 0.2) is 30.7 Å². The van der Waals surface area contributed by atoms with Gasteiger partial charge in [-0.25, -0.2) is 14.5 Å². The second-order valence-electron chi connectivity index (χ2n) is 7.08. The van der Waals surface area contributed by atoms with Gasteiger partial charge >= 0.3 is 0 Å². The number of aromatic amines is 1. The second-order valence-corrected chi connectivity index (χ2v) is 7.47. The van der Waals surface area contributed by atoms with Crippen LogP contribution in [-0.2, 0) is 4.74 Å². The Hall–Kier alpha value is -2.71. The van der Waals surface area contributed by atoms with Crippen molar-refractivity contribution in [3.8, 4) is 11.3 Å². The van der Waals surface area contributed by atoms with Crippen molar-refractivity contribution in [1.82, 2.24) is 29.5 Å². The van der Waals surface area contributed by atoms with Gasteiger partial charge in [0.05, 0.1) is 18.0 Å². The number of imidazole rings is 1. The standard InChI is InChI=1S/C19H20ClN7O/c1-28-12-4-2-11(3-5-12)24-19-23-9-14-13(8-22-18(14)25-19)15-6-7-17-21-10-16(20)27(17)26-15/h6-12H,2-5H2,1H3,(H2,22,23,24,25). The Morgan fingerprint density at radius 3 is 2.86 bits per heavy atom. The lowest BCUT2D eigenvalue weighted by atomic mass is 9.93. The van der Waals surface area contributed by atoms with Crippen molar-refractivity contribution in [3.05, 3.63) is 35.9 Å². The largest absolute Gasteiger partial charge is 0.381 e. The van der Waals surface area contributed by atoms with Crippen molar-refractivity contribution in [1.29, 1.82) is 0 Å². The molecule has 4 aromatic rings. The summed E-state index contributed by atoms with van der Waals surface area (Å²) in [5.74, 6) is 0.642. The van der Waals surface area contributed by atoms with Gasteiger partial charge in [-0.3, -0.25) is 0 Å². The predicted octanol–water partition coefficient (Wildman–Crippen LogP) is 3.69. The fraction of sp³-hybridized carbons (Fsp3) is 0.368. The SMILES string of the molecule is COC1CCC(Nc2ncc3c(-c4ccc5ncc(Cl)n5n4)c[nH]c3n2)CC1. The summed E-state index contributed by atoms with van der Waals surface area (Å²) in [4.78, 5) is 16.6. The van der Waals surface area contributed by atoms with Gasteiger partial charge in [-0.05, 0) is 37.8 Å². The summed E-state index contributed by atoms with van der Waals surface area (Å²) in [6, 6.07) is 4.19. The molecule has 4 aromatic heterocycles. The van der Waals surface area contributed by atoms with E-state index in [1.807, 2.05) is 24.5 Å². The molecule has 5 rings (SSSR count). The summed E-state index contributed by atoms with van der Waals surface area (Å²) >= 11 is 6.15. The molecule has 0 spiro atoms. The Morgan fingerprint density at radius 2 is 2.04 bits per heavy atom. The maximum atomic E-state index is 6.15. The molecule has 4 heterocycles. The number of nitrogens with zero attached hydrogens (tertiary/aromatic N) is 5. The number of aromatic nitrogens is 6. The average Bonchev–Trinajstić information content (AvgIpc) is 3.32. The molecule has 0 unspecified atom stereocenters. The quantitative estimate of drug-likeness (QED) is 0.545. The van der Waals surface area contributed by atoms with Crippen molar-refractivity contribution in [2.24, 2.45) is 0 Å². The normalized spacial score (nSPS) is 20.1. The van der Waals surface area contributed by atoms with Gasteiger partial charge in [0.25, 0.3) is 0 Å². The van der Waals surface area contributed by atoms with Crippen LogP contribution in [0.4, 0.5) is 5.95 Å². The first-order chi connectivity index (χ1) is 13.7. The van der Waals surface area contributed by atoms with E-state index in [1.165, 1.54) is 0 Å². The van der Waals surface area contributed by atoms with Crippen LogP contribution < -0.4 is 5.32 Å². The number of ether oxygens (including phenoxy) is 1. The van der Waals surface area contributed by atoms with E-state index in [-0.39, 0.29) is 0 Å². The van der Waals surface area contributed by atoms with Gasteiger partial charge in [-0.1, -0.05) is 11.6 Å². The number of methoxy groups -OCH3 is 1. The molecule has 1 fully saturated rings. The topological polar surface area (TPSA) is 93.0 Å². The third-order valence-electron chi connectivity index (χ3n) is 5.37. The van der Waals surface area contributed by atoms with E-state index >= 15 is 0 Å². The molecule has 0 aliphatic heterocycles. The van der Waals surface area contributed by atoms with Crippen LogP contribution in [0, 0.1) is 0 Å². The summed E-state index contributed by atoms with van der Waals surface area (Å²) in [7, 11) is 1.78. The van der Waals surface area contributed by atoms with Gasteiger partial charge in [0.15, 0.2) is 10.8 Å². The van der Waals surface area contributed by atoms with E-state index in [0.29, 0.717) is 28.9 Å². The van der Waals surface area contributed by atoms with E-state index in [0.717, 1.165) is 48.0 Å². The highest BCUT2D eigenvalue weighted by Crippen LogP contribution is 2.28. The number of halogens is 1. The molecular formula is C19H20ClN7O. The monoisotopic (exact) mass is 397 g/mol. The number of fused-ring (bicyclic) bond motifs is 2. The maximum absolute atomic E-state index is 6.15. The summed E-state index contributed by atoms with van der Waals surface area (Å²) in [6.45, 7) is 0. The Balaban J connectivity index is 1.41.